The third-order valence-electron chi connectivity index (χ3n) is 5.75. The van der Waals surface area contributed by atoms with Crippen molar-refractivity contribution in [2.24, 2.45) is 5.41 Å². The van der Waals surface area contributed by atoms with Gasteiger partial charge in [0, 0.05) is 45.8 Å². The molecule has 1 aromatic rings. The first-order valence-corrected chi connectivity index (χ1v) is 10.1. The summed E-state index contributed by atoms with van der Waals surface area (Å²) < 4.78 is 0. The van der Waals surface area contributed by atoms with E-state index in [9.17, 15) is 9.59 Å². The highest BCUT2D eigenvalue weighted by atomic mass is 16.2. The minimum absolute atomic E-state index is 0.0331. The summed E-state index contributed by atoms with van der Waals surface area (Å²) in [5, 5.41) is 0. The molecule has 0 spiro atoms. The Morgan fingerprint density at radius 2 is 1.67 bits per heavy atom. The number of hydrogen-bond donors (Lipinski definition) is 0. The van der Waals surface area contributed by atoms with Crippen molar-refractivity contribution in [1.29, 1.82) is 0 Å². The van der Waals surface area contributed by atoms with Gasteiger partial charge < -0.3 is 9.80 Å². The number of rotatable bonds is 7. The third-order valence-corrected chi connectivity index (χ3v) is 5.75. The second-order valence-electron chi connectivity index (χ2n) is 7.47. The number of amides is 2. The molecule has 146 valence electrons. The van der Waals surface area contributed by atoms with Crippen molar-refractivity contribution >= 4 is 17.9 Å². The van der Waals surface area contributed by atoms with Gasteiger partial charge in [0.1, 0.15) is 5.41 Å². The molecular formula is C22H31N3O2. The van der Waals surface area contributed by atoms with Gasteiger partial charge in [-0.05, 0) is 32.3 Å². The van der Waals surface area contributed by atoms with Crippen molar-refractivity contribution in [3.8, 4) is 0 Å². The molecule has 0 unspecified atom stereocenters. The number of hydrogen-bond acceptors (Lipinski definition) is 3. The fourth-order valence-corrected chi connectivity index (χ4v) is 3.80. The van der Waals surface area contributed by atoms with Gasteiger partial charge in [-0.3, -0.25) is 14.5 Å². The first kappa shape index (κ1) is 19.6. The van der Waals surface area contributed by atoms with Gasteiger partial charge in [0.15, 0.2) is 0 Å². The highest BCUT2D eigenvalue weighted by Gasteiger charge is 2.59. The first-order valence-electron chi connectivity index (χ1n) is 10.1. The predicted molar refractivity (Wildman–Crippen MR) is 108 cm³/mol. The Balaban J connectivity index is 1.49. The number of piperazine rings is 1. The molecule has 3 rings (SSSR count). The monoisotopic (exact) mass is 369 g/mol. The van der Waals surface area contributed by atoms with Crippen LogP contribution in [0.5, 0.6) is 0 Å². The SMILES string of the molecule is CCN(CC)C(=O)C1(C(=O)N2CCN(C/C=C/c3ccccc3)CC2)CC1. The minimum Gasteiger partial charge on any atom is -0.342 e. The van der Waals surface area contributed by atoms with E-state index in [-0.39, 0.29) is 11.8 Å². The summed E-state index contributed by atoms with van der Waals surface area (Å²) >= 11 is 0. The highest BCUT2D eigenvalue weighted by molar-refractivity contribution is 6.07. The molecule has 0 aromatic heterocycles. The van der Waals surface area contributed by atoms with E-state index >= 15 is 0 Å². The molecule has 1 aliphatic carbocycles. The Bertz CT molecular complexity index is 670. The smallest absolute Gasteiger partial charge is 0.238 e. The van der Waals surface area contributed by atoms with Gasteiger partial charge in [0.25, 0.3) is 0 Å². The molecule has 1 saturated carbocycles. The van der Waals surface area contributed by atoms with Crippen LogP contribution in [0.25, 0.3) is 6.08 Å². The number of carbonyl (C=O) groups is 2. The fourth-order valence-electron chi connectivity index (χ4n) is 3.80. The van der Waals surface area contributed by atoms with Gasteiger partial charge in [0.05, 0.1) is 0 Å². The normalized spacial score (nSPS) is 19.3. The maximum absolute atomic E-state index is 13.0. The van der Waals surface area contributed by atoms with Crippen LogP contribution in [0.15, 0.2) is 36.4 Å². The molecule has 1 aliphatic heterocycles. The summed E-state index contributed by atoms with van der Waals surface area (Å²) in [7, 11) is 0. The summed E-state index contributed by atoms with van der Waals surface area (Å²) in [6, 6.07) is 10.3. The quantitative estimate of drug-likeness (QED) is 0.694. The van der Waals surface area contributed by atoms with Crippen molar-refractivity contribution in [1.82, 2.24) is 14.7 Å². The van der Waals surface area contributed by atoms with Crippen LogP contribution in [0.2, 0.25) is 0 Å². The lowest BCUT2D eigenvalue weighted by atomic mass is 10.0. The van der Waals surface area contributed by atoms with Crippen molar-refractivity contribution in [2.45, 2.75) is 26.7 Å². The van der Waals surface area contributed by atoms with Crippen LogP contribution in [0.3, 0.4) is 0 Å². The van der Waals surface area contributed by atoms with E-state index in [0.29, 0.717) is 39.0 Å². The number of nitrogens with zero attached hydrogens (tertiary/aromatic N) is 3. The van der Waals surface area contributed by atoms with Gasteiger partial charge in [-0.15, -0.1) is 0 Å². The molecule has 1 saturated heterocycles. The first-order chi connectivity index (χ1) is 13.1. The van der Waals surface area contributed by atoms with Crippen LogP contribution in [0, 0.1) is 5.41 Å². The third kappa shape index (κ3) is 4.41. The Morgan fingerprint density at radius 3 is 2.22 bits per heavy atom. The molecule has 0 N–H and O–H groups in total. The summed E-state index contributed by atoms with van der Waals surface area (Å²) in [4.78, 5) is 31.9. The van der Waals surface area contributed by atoms with E-state index in [2.05, 4.69) is 29.2 Å². The summed E-state index contributed by atoms with van der Waals surface area (Å²) in [6.45, 7) is 9.34. The topological polar surface area (TPSA) is 43.9 Å². The molecule has 2 fully saturated rings. The molecule has 1 heterocycles. The Morgan fingerprint density at radius 1 is 1.04 bits per heavy atom. The lowest BCUT2D eigenvalue weighted by Crippen LogP contribution is -2.53. The van der Waals surface area contributed by atoms with Crippen LogP contribution in [0.4, 0.5) is 0 Å². The zero-order valence-corrected chi connectivity index (χ0v) is 16.6. The molecule has 5 heteroatoms. The Kier molecular flexibility index (Phi) is 6.32. The molecule has 0 radical (unpaired) electrons. The number of carbonyl (C=O) groups excluding carboxylic acids is 2. The van der Waals surface area contributed by atoms with Crippen LogP contribution in [-0.2, 0) is 9.59 Å². The molecule has 27 heavy (non-hydrogen) atoms. The highest BCUT2D eigenvalue weighted by Crippen LogP contribution is 2.49. The molecular weight excluding hydrogens is 338 g/mol. The predicted octanol–water partition coefficient (Wildman–Crippen LogP) is 2.49. The molecule has 0 atom stereocenters. The van der Waals surface area contributed by atoms with Gasteiger partial charge in [-0.25, -0.2) is 0 Å². The van der Waals surface area contributed by atoms with Gasteiger partial charge in [-0.1, -0.05) is 42.5 Å². The Labute approximate surface area is 162 Å². The fraction of sp³-hybridized carbons (Fsp3) is 0.545. The van der Waals surface area contributed by atoms with E-state index in [1.807, 2.05) is 36.9 Å². The second kappa shape index (κ2) is 8.70. The van der Waals surface area contributed by atoms with Crippen molar-refractivity contribution in [3.05, 3.63) is 42.0 Å². The van der Waals surface area contributed by atoms with E-state index in [4.69, 9.17) is 0 Å². The van der Waals surface area contributed by atoms with Crippen molar-refractivity contribution in [3.63, 3.8) is 0 Å². The molecule has 5 nitrogen and oxygen atoms in total. The number of benzene rings is 1. The summed E-state index contributed by atoms with van der Waals surface area (Å²) in [6.07, 6.45) is 5.74. The average molecular weight is 370 g/mol. The maximum atomic E-state index is 13.0. The molecule has 2 aliphatic rings. The standard InChI is InChI=1S/C22H31N3O2/c1-3-24(4-2)20(26)22(12-13-22)21(27)25-17-15-23(16-18-25)14-8-11-19-9-6-5-7-10-19/h5-11H,3-4,12-18H2,1-2H3/b11-8+. The summed E-state index contributed by atoms with van der Waals surface area (Å²) in [5.41, 5.74) is 0.457. The van der Waals surface area contributed by atoms with Crippen molar-refractivity contribution < 1.29 is 9.59 Å². The summed E-state index contributed by atoms with van der Waals surface area (Å²) in [5.74, 6) is 0.0876. The zero-order valence-electron chi connectivity index (χ0n) is 16.6. The van der Waals surface area contributed by atoms with Crippen LogP contribution < -0.4 is 0 Å². The van der Waals surface area contributed by atoms with Crippen molar-refractivity contribution in [2.75, 3.05) is 45.8 Å². The van der Waals surface area contributed by atoms with E-state index in [0.717, 1.165) is 19.6 Å². The average Bonchev–Trinajstić information content (AvgIpc) is 3.52. The largest absolute Gasteiger partial charge is 0.342 e. The Hall–Kier alpha value is -2.14. The molecule has 1 aromatic carbocycles. The zero-order chi connectivity index (χ0) is 19.3. The van der Waals surface area contributed by atoms with Crippen LogP contribution >= 0.6 is 0 Å². The van der Waals surface area contributed by atoms with Gasteiger partial charge in [-0.2, -0.15) is 0 Å². The molecule has 2 amide bonds. The van der Waals surface area contributed by atoms with Crippen LogP contribution in [-0.4, -0.2) is 72.3 Å². The lowest BCUT2D eigenvalue weighted by Gasteiger charge is -2.36. The maximum Gasteiger partial charge on any atom is 0.238 e. The lowest BCUT2D eigenvalue weighted by molar-refractivity contribution is -0.150. The van der Waals surface area contributed by atoms with Gasteiger partial charge in [0.2, 0.25) is 11.8 Å². The minimum atomic E-state index is -0.749. The van der Waals surface area contributed by atoms with E-state index < -0.39 is 5.41 Å². The van der Waals surface area contributed by atoms with Crippen LogP contribution in [0.1, 0.15) is 32.3 Å². The second-order valence-corrected chi connectivity index (χ2v) is 7.47. The van der Waals surface area contributed by atoms with Gasteiger partial charge >= 0.3 is 0 Å². The van der Waals surface area contributed by atoms with E-state index in [1.165, 1.54) is 5.56 Å². The van der Waals surface area contributed by atoms with E-state index in [1.54, 1.807) is 4.90 Å². The molecule has 0 bridgehead atoms.